The normalized spacial score (nSPS) is 12.6. The zero-order chi connectivity index (χ0) is 22.7. The van der Waals surface area contributed by atoms with E-state index in [0.29, 0.717) is 23.1 Å². The van der Waals surface area contributed by atoms with E-state index in [1.165, 1.54) is 17.2 Å². The van der Waals surface area contributed by atoms with Crippen LogP contribution in [0.15, 0.2) is 60.8 Å². The summed E-state index contributed by atoms with van der Waals surface area (Å²) in [7, 11) is 0. The van der Waals surface area contributed by atoms with E-state index in [4.69, 9.17) is 0 Å². The number of aromatic nitrogens is 1. The average molecular weight is 436 g/mol. The van der Waals surface area contributed by atoms with Gasteiger partial charge in [0.25, 0.3) is 5.91 Å². The molecule has 3 aromatic rings. The van der Waals surface area contributed by atoms with Crippen molar-refractivity contribution in [1.82, 2.24) is 4.98 Å². The second-order valence-electron chi connectivity index (χ2n) is 7.46. The van der Waals surface area contributed by atoms with E-state index < -0.39 is 11.7 Å². The van der Waals surface area contributed by atoms with Crippen LogP contribution < -0.4 is 10.2 Å². The van der Waals surface area contributed by atoms with E-state index in [0.717, 1.165) is 29.9 Å². The summed E-state index contributed by atoms with van der Waals surface area (Å²) in [6.07, 6.45) is -1.98. The molecule has 1 amide bonds. The van der Waals surface area contributed by atoms with Crippen molar-refractivity contribution < 1.29 is 18.0 Å². The van der Waals surface area contributed by atoms with Gasteiger partial charge >= 0.3 is 6.18 Å². The van der Waals surface area contributed by atoms with Crippen LogP contribution in [0.4, 0.5) is 24.7 Å². The van der Waals surface area contributed by atoms with Crippen LogP contribution in [0, 0.1) is 11.3 Å². The lowest BCUT2D eigenvalue weighted by Crippen LogP contribution is -2.32. The van der Waals surface area contributed by atoms with Gasteiger partial charge in [-0.05, 0) is 59.9 Å². The first-order valence-corrected chi connectivity index (χ1v) is 10.0. The van der Waals surface area contributed by atoms with Gasteiger partial charge in [-0.15, -0.1) is 0 Å². The minimum absolute atomic E-state index is 0.198. The summed E-state index contributed by atoms with van der Waals surface area (Å²) >= 11 is 0. The molecule has 0 bridgehead atoms. The molecule has 2 aromatic carbocycles. The number of fused-ring (bicyclic) bond motifs is 1. The van der Waals surface area contributed by atoms with Crippen molar-refractivity contribution in [2.45, 2.75) is 19.0 Å². The van der Waals surface area contributed by atoms with Crippen molar-refractivity contribution >= 4 is 17.4 Å². The predicted octanol–water partition coefficient (Wildman–Crippen LogP) is 4.83. The third-order valence-electron chi connectivity index (χ3n) is 5.32. The number of carbonyl (C=O) groups excluding carboxylic acids is 1. The molecule has 1 aromatic heterocycles. The molecule has 0 spiro atoms. The van der Waals surface area contributed by atoms with E-state index in [1.54, 1.807) is 30.3 Å². The fraction of sp³-hybridized carbons (Fsp3) is 0.208. The first kappa shape index (κ1) is 21.4. The van der Waals surface area contributed by atoms with Gasteiger partial charge in [0.2, 0.25) is 0 Å². The lowest BCUT2D eigenvalue weighted by molar-refractivity contribution is -0.137. The molecule has 1 aliphatic heterocycles. The summed E-state index contributed by atoms with van der Waals surface area (Å²) in [5, 5.41) is 12.5. The molecule has 32 heavy (non-hydrogen) atoms. The maximum Gasteiger partial charge on any atom is 0.416 e. The Hall–Kier alpha value is -3.86. The second kappa shape index (κ2) is 8.71. The molecule has 162 valence electrons. The smallest absolute Gasteiger partial charge is 0.384 e. The average Bonchev–Trinajstić information content (AvgIpc) is 3.26. The van der Waals surface area contributed by atoms with Gasteiger partial charge in [0.15, 0.2) is 0 Å². The highest BCUT2D eigenvalue weighted by Crippen LogP contribution is 2.30. The number of alkyl halides is 3. The van der Waals surface area contributed by atoms with E-state index in [1.807, 2.05) is 12.1 Å². The zero-order valence-electron chi connectivity index (χ0n) is 17.0. The van der Waals surface area contributed by atoms with Gasteiger partial charge in [0.05, 0.1) is 11.6 Å². The number of pyridine rings is 1. The molecule has 0 saturated carbocycles. The summed E-state index contributed by atoms with van der Waals surface area (Å²) in [4.78, 5) is 18.9. The lowest BCUT2D eigenvalue weighted by atomic mass is 10.0. The van der Waals surface area contributed by atoms with Crippen LogP contribution in [0.3, 0.4) is 0 Å². The topological polar surface area (TPSA) is 69.0 Å². The van der Waals surface area contributed by atoms with Crippen LogP contribution in [0.25, 0.3) is 0 Å². The van der Waals surface area contributed by atoms with Gasteiger partial charge in [0.1, 0.15) is 12.4 Å². The number of carbonyl (C=O) groups is 1. The number of benzene rings is 2. The summed E-state index contributed by atoms with van der Waals surface area (Å²) in [5.74, 6) is -0.0552. The van der Waals surface area contributed by atoms with Crippen LogP contribution in [0.5, 0.6) is 0 Å². The Labute approximate surface area is 183 Å². The number of hydrogen-bond donors (Lipinski definition) is 1. The number of hydrogen-bond acceptors (Lipinski definition) is 4. The molecule has 0 unspecified atom stereocenters. The number of nitrogens with one attached hydrogen (secondary N) is 1. The number of anilines is 2. The molecule has 0 atom stereocenters. The highest BCUT2D eigenvalue weighted by Gasteiger charge is 2.30. The number of nitrogens with zero attached hydrogens (tertiary/aromatic N) is 3. The van der Waals surface area contributed by atoms with E-state index >= 15 is 0 Å². The summed E-state index contributed by atoms with van der Waals surface area (Å²) in [6.45, 7) is 0.540. The monoisotopic (exact) mass is 436 g/mol. The van der Waals surface area contributed by atoms with Crippen molar-refractivity contribution in [3.63, 3.8) is 0 Å². The number of halogens is 3. The van der Waals surface area contributed by atoms with Crippen molar-refractivity contribution in [2.75, 3.05) is 23.3 Å². The van der Waals surface area contributed by atoms with Crippen LogP contribution in [-0.4, -0.2) is 24.0 Å². The molecule has 5 nitrogen and oxygen atoms in total. The highest BCUT2D eigenvalue weighted by atomic mass is 19.4. The van der Waals surface area contributed by atoms with Crippen molar-refractivity contribution in [1.29, 1.82) is 5.26 Å². The first-order chi connectivity index (χ1) is 15.4. The Morgan fingerprint density at radius 3 is 2.69 bits per heavy atom. The fourth-order valence-corrected chi connectivity index (χ4v) is 3.83. The maximum atomic E-state index is 13.3. The Kier molecular flexibility index (Phi) is 5.82. The Morgan fingerprint density at radius 1 is 1.12 bits per heavy atom. The van der Waals surface area contributed by atoms with E-state index in [2.05, 4.69) is 10.3 Å². The highest BCUT2D eigenvalue weighted by molar-refractivity contribution is 6.07. The quantitative estimate of drug-likeness (QED) is 0.582. The SMILES string of the molecule is N#CCN(C(=O)c1cccc2c1CCN2)c1cc(Cc2cccc(C(F)(F)F)c2)ccn1. The standard InChI is InChI=1S/C24H19F3N4O/c25-24(26,27)18-4-1-3-16(14-18)13-17-7-10-30-22(15-17)31(12-9-28)23(32)20-5-2-6-21-19(20)8-11-29-21/h1-7,10,14-15,29H,8,11-13H2. The summed E-state index contributed by atoms with van der Waals surface area (Å²) in [5.41, 5.74) is 2.77. The van der Waals surface area contributed by atoms with E-state index in [-0.39, 0.29) is 24.7 Å². The third kappa shape index (κ3) is 4.42. The zero-order valence-corrected chi connectivity index (χ0v) is 17.0. The fourth-order valence-electron chi connectivity index (χ4n) is 3.83. The predicted molar refractivity (Wildman–Crippen MR) is 114 cm³/mol. The molecule has 0 aliphatic carbocycles. The minimum Gasteiger partial charge on any atom is -0.384 e. The van der Waals surface area contributed by atoms with Crippen molar-refractivity contribution in [3.8, 4) is 6.07 Å². The Balaban J connectivity index is 1.63. The number of amides is 1. The van der Waals surface area contributed by atoms with Crippen LogP contribution >= 0.6 is 0 Å². The van der Waals surface area contributed by atoms with Gasteiger partial charge < -0.3 is 5.32 Å². The molecule has 0 fully saturated rings. The van der Waals surface area contributed by atoms with Gasteiger partial charge in [-0.1, -0.05) is 24.3 Å². The second-order valence-corrected chi connectivity index (χ2v) is 7.46. The van der Waals surface area contributed by atoms with Gasteiger partial charge in [-0.3, -0.25) is 9.69 Å². The van der Waals surface area contributed by atoms with Crippen LogP contribution in [0.2, 0.25) is 0 Å². The molecular formula is C24H19F3N4O. The molecule has 1 aliphatic rings. The molecule has 8 heteroatoms. The molecule has 0 radical (unpaired) electrons. The molecule has 0 saturated heterocycles. The first-order valence-electron chi connectivity index (χ1n) is 10.0. The summed E-state index contributed by atoms with van der Waals surface area (Å²) < 4.78 is 39.1. The van der Waals surface area contributed by atoms with Gasteiger partial charge in [-0.2, -0.15) is 18.4 Å². The molecule has 1 N–H and O–H groups in total. The van der Waals surface area contributed by atoms with Crippen molar-refractivity contribution in [2.24, 2.45) is 0 Å². The largest absolute Gasteiger partial charge is 0.416 e. The van der Waals surface area contributed by atoms with Gasteiger partial charge in [0, 0.05) is 24.0 Å². The minimum atomic E-state index is -4.42. The molecule has 2 heterocycles. The summed E-state index contributed by atoms with van der Waals surface area (Å²) in [6, 6.07) is 15.9. The third-order valence-corrected chi connectivity index (χ3v) is 5.32. The number of nitriles is 1. The Bertz CT molecular complexity index is 1200. The maximum absolute atomic E-state index is 13.3. The van der Waals surface area contributed by atoms with Crippen LogP contribution in [-0.2, 0) is 19.0 Å². The Morgan fingerprint density at radius 2 is 1.91 bits per heavy atom. The van der Waals surface area contributed by atoms with Crippen LogP contribution in [0.1, 0.15) is 32.6 Å². The molecule has 4 rings (SSSR count). The lowest BCUT2D eigenvalue weighted by Gasteiger charge is -2.20. The molecular weight excluding hydrogens is 417 g/mol. The van der Waals surface area contributed by atoms with Crippen molar-refractivity contribution in [3.05, 3.63) is 88.6 Å². The van der Waals surface area contributed by atoms with Gasteiger partial charge in [-0.25, -0.2) is 4.98 Å². The van der Waals surface area contributed by atoms with E-state index in [9.17, 15) is 23.2 Å². The number of rotatable bonds is 5.